The summed E-state index contributed by atoms with van der Waals surface area (Å²) >= 11 is 1.82. The number of thiophene rings is 1. The number of hydrogen-bond acceptors (Lipinski definition) is 3. The van der Waals surface area contributed by atoms with Crippen LogP contribution in [0.25, 0.3) is 0 Å². The Labute approximate surface area is 129 Å². The van der Waals surface area contributed by atoms with Gasteiger partial charge in [0.05, 0.1) is 6.04 Å². The zero-order chi connectivity index (χ0) is 14.6. The van der Waals surface area contributed by atoms with Gasteiger partial charge < -0.3 is 0 Å². The summed E-state index contributed by atoms with van der Waals surface area (Å²) < 4.78 is 0. The lowest BCUT2D eigenvalue weighted by atomic mass is 10.0. The van der Waals surface area contributed by atoms with E-state index in [1.807, 2.05) is 11.3 Å². The first-order chi connectivity index (χ1) is 9.79. The van der Waals surface area contributed by atoms with Crippen LogP contribution in [0.2, 0.25) is 0 Å². The van der Waals surface area contributed by atoms with Gasteiger partial charge in [-0.15, -0.1) is 11.3 Å². The molecule has 116 valence electrons. The second-order valence-corrected chi connectivity index (χ2v) is 6.75. The Kier molecular flexibility index (Phi) is 9.98. The molecular weight excluding hydrogens is 264 g/mol. The molecule has 1 unspecified atom stereocenters. The fourth-order valence-corrected chi connectivity index (χ4v) is 3.71. The van der Waals surface area contributed by atoms with Gasteiger partial charge in [-0.1, -0.05) is 64.7 Å². The third-order valence-corrected chi connectivity index (χ3v) is 5.15. The summed E-state index contributed by atoms with van der Waals surface area (Å²) in [4.78, 5) is 1.41. The highest BCUT2D eigenvalue weighted by molar-refractivity contribution is 7.10. The van der Waals surface area contributed by atoms with E-state index in [1.54, 1.807) is 0 Å². The molecule has 0 amide bonds. The highest BCUT2D eigenvalue weighted by atomic mass is 32.1. The molecule has 3 N–H and O–H groups in total. The topological polar surface area (TPSA) is 38.0 Å². The van der Waals surface area contributed by atoms with Gasteiger partial charge in [-0.05, 0) is 30.4 Å². The summed E-state index contributed by atoms with van der Waals surface area (Å²) in [5.41, 5.74) is 4.35. The van der Waals surface area contributed by atoms with Gasteiger partial charge in [-0.2, -0.15) is 0 Å². The van der Waals surface area contributed by atoms with E-state index in [1.165, 1.54) is 68.2 Å². The number of rotatable bonds is 12. The Bertz CT molecular complexity index is 335. The van der Waals surface area contributed by atoms with Crippen molar-refractivity contribution < 1.29 is 0 Å². The molecule has 0 spiro atoms. The molecule has 0 saturated carbocycles. The number of hydrogen-bond donors (Lipinski definition) is 2. The maximum Gasteiger partial charge on any atom is 0.0555 e. The largest absolute Gasteiger partial charge is 0.271 e. The van der Waals surface area contributed by atoms with Crippen LogP contribution < -0.4 is 11.3 Å². The summed E-state index contributed by atoms with van der Waals surface area (Å²) in [5, 5.41) is 2.16. The van der Waals surface area contributed by atoms with E-state index in [0.717, 1.165) is 6.42 Å². The van der Waals surface area contributed by atoms with Crippen molar-refractivity contribution in [3.63, 3.8) is 0 Å². The molecular formula is C17H32N2S. The minimum absolute atomic E-state index is 0.347. The van der Waals surface area contributed by atoms with E-state index in [-0.39, 0.29) is 0 Å². The average molecular weight is 297 g/mol. The standard InChI is InChI=1S/C17H32N2S/c1-3-4-5-6-7-8-9-10-11-12-16(19-18)17-15(2)13-14-20-17/h13-14,16,19H,3-12,18H2,1-2H3. The van der Waals surface area contributed by atoms with E-state index in [4.69, 9.17) is 5.84 Å². The quantitative estimate of drug-likeness (QED) is 0.304. The summed E-state index contributed by atoms with van der Waals surface area (Å²) in [6, 6.07) is 2.53. The van der Waals surface area contributed by atoms with Crippen LogP contribution >= 0.6 is 11.3 Å². The molecule has 1 rings (SSSR count). The van der Waals surface area contributed by atoms with E-state index in [2.05, 4.69) is 30.7 Å². The number of nitrogens with one attached hydrogen (secondary N) is 1. The molecule has 0 aliphatic heterocycles. The van der Waals surface area contributed by atoms with Gasteiger partial charge in [0, 0.05) is 4.88 Å². The predicted octanol–water partition coefficient (Wildman–Crippen LogP) is 5.48. The Balaban J connectivity index is 2.04. The number of hydrazine groups is 1. The fraction of sp³-hybridized carbons (Fsp3) is 0.765. The minimum Gasteiger partial charge on any atom is -0.271 e. The SMILES string of the molecule is CCCCCCCCCCCC(NN)c1sccc1C. The van der Waals surface area contributed by atoms with Crippen LogP contribution in [-0.2, 0) is 0 Å². The number of nitrogens with two attached hydrogens (primary N) is 1. The second-order valence-electron chi connectivity index (χ2n) is 5.80. The minimum atomic E-state index is 0.347. The molecule has 1 aromatic rings. The molecule has 0 aliphatic rings. The molecule has 0 aromatic carbocycles. The molecule has 3 heteroatoms. The number of unbranched alkanes of at least 4 members (excludes halogenated alkanes) is 8. The lowest BCUT2D eigenvalue weighted by Crippen LogP contribution is -2.27. The van der Waals surface area contributed by atoms with E-state index in [9.17, 15) is 0 Å². The zero-order valence-corrected chi connectivity index (χ0v) is 14.1. The highest BCUT2D eigenvalue weighted by Crippen LogP contribution is 2.27. The molecule has 0 saturated heterocycles. The summed E-state index contributed by atoms with van der Waals surface area (Å²) in [7, 11) is 0. The molecule has 0 bridgehead atoms. The smallest absolute Gasteiger partial charge is 0.0555 e. The first-order valence-electron chi connectivity index (χ1n) is 8.29. The fourth-order valence-electron chi connectivity index (χ4n) is 2.69. The van der Waals surface area contributed by atoms with Gasteiger partial charge in [0.2, 0.25) is 0 Å². The lowest BCUT2D eigenvalue weighted by molar-refractivity contribution is 0.478. The van der Waals surface area contributed by atoms with Gasteiger partial charge in [0.15, 0.2) is 0 Å². The van der Waals surface area contributed by atoms with Crippen molar-refractivity contribution in [2.45, 2.75) is 84.1 Å². The monoisotopic (exact) mass is 296 g/mol. The zero-order valence-electron chi connectivity index (χ0n) is 13.3. The molecule has 1 heterocycles. The van der Waals surface area contributed by atoms with Gasteiger partial charge in [0.25, 0.3) is 0 Å². The molecule has 2 nitrogen and oxygen atoms in total. The third kappa shape index (κ3) is 6.87. The third-order valence-electron chi connectivity index (χ3n) is 4.02. The Morgan fingerprint density at radius 3 is 2.15 bits per heavy atom. The van der Waals surface area contributed by atoms with Crippen LogP contribution in [0.5, 0.6) is 0 Å². The van der Waals surface area contributed by atoms with Crippen molar-refractivity contribution in [2.24, 2.45) is 5.84 Å². The van der Waals surface area contributed by atoms with E-state index < -0.39 is 0 Å². The first-order valence-corrected chi connectivity index (χ1v) is 9.17. The lowest BCUT2D eigenvalue weighted by Gasteiger charge is -2.15. The van der Waals surface area contributed by atoms with Crippen LogP contribution in [0.15, 0.2) is 11.4 Å². The molecule has 0 radical (unpaired) electrons. The normalized spacial score (nSPS) is 12.8. The Hall–Kier alpha value is -0.380. The molecule has 0 aliphatic carbocycles. The van der Waals surface area contributed by atoms with Crippen LogP contribution in [0.4, 0.5) is 0 Å². The van der Waals surface area contributed by atoms with Crippen molar-refractivity contribution in [3.8, 4) is 0 Å². The van der Waals surface area contributed by atoms with Crippen molar-refractivity contribution in [3.05, 3.63) is 21.9 Å². The maximum atomic E-state index is 5.70. The Morgan fingerprint density at radius 1 is 1.05 bits per heavy atom. The van der Waals surface area contributed by atoms with Crippen molar-refractivity contribution in [2.75, 3.05) is 0 Å². The van der Waals surface area contributed by atoms with Crippen molar-refractivity contribution in [1.82, 2.24) is 5.43 Å². The van der Waals surface area contributed by atoms with Crippen LogP contribution in [-0.4, -0.2) is 0 Å². The second kappa shape index (κ2) is 11.3. The summed E-state index contributed by atoms with van der Waals surface area (Å²) in [5.74, 6) is 5.70. The Morgan fingerprint density at radius 2 is 1.65 bits per heavy atom. The summed E-state index contributed by atoms with van der Waals surface area (Å²) in [6.07, 6.45) is 13.6. The predicted molar refractivity (Wildman–Crippen MR) is 91.0 cm³/mol. The van der Waals surface area contributed by atoms with Crippen LogP contribution in [0.1, 0.15) is 87.6 Å². The van der Waals surface area contributed by atoms with Gasteiger partial charge in [-0.25, -0.2) is 0 Å². The molecule has 20 heavy (non-hydrogen) atoms. The summed E-state index contributed by atoms with van der Waals surface area (Å²) in [6.45, 7) is 4.45. The molecule has 1 aromatic heterocycles. The van der Waals surface area contributed by atoms with E-state index in [0.29, 0.717) is 6.04 Å². The highest BCUT2D eigenvalue weighted by Gasteiger charge is 2.12. The maximum absolute atomic E-state index is 5.70. The number of aryl methyl sites for hydroxylation is 1. The van der Waals surface area contributed by atoms with Gasteiger partial charge in [0.1, 0.15) is 0 Å². The van der Waals surface area contributed by atoms with Crippen LogP contribution in [0, 0.1) is 6.92 Å². The van der Waals surface area contributed by atoms with Crippen molar-refractivity contribution in [1.29, 1.82) is 0 Å². The van der Waals surface area contributed by atoms with Crippen molar-refractivity contribution >= 4 is 11.3 Å². The molecule has 0 fully saturated rings. The molecule has 1 atom stereocenters. The average Bonchev–Trinajstić information content (AvgIpc) is 2.87. The van der Waals surface area contributed by atoms with Crippen LogP contribution in [0.3, 0.4) is 0 Å². The first kappa shape index (κ1) is 17.7. The van der Waals surface area contributed by atoms with Gasteiger partial charge >= 0.3 is 0 Å². The van der Waals surface area contributed by atoms with Gasteiger partial charge in [-0.3, -0.25) is 11.3 Å². The van der Waals surface area contributed by atoms with E-state index >= 15 is 0 Å².